The highest BCUT2D eigenvalue weighted by Crippen LogP contribution is 2.56. The summed E-state index contributed by atoms with van der Waals surface area (Å²) < 4.78 is 0. The SMILES string of the molecule is c1ccc(N(c2cccc3ccccc23)c2c3ccccc3c(-c3c4ccccc4c4c5c3cccc5c3cccc5c(N(c6ccccc6)c6cccc7ccccc67)c6ccccc6c4c53)c3ccccc23)cc1. The Bertz CT molecular complexity index is 4930. The van der Waals surface area contributed by atoms with Gasteiger partial charge in [0.2, 0.25) is 0 Å². The first-order valence-corrected chi connectivity index (χ1v) is 26.4. The Morgan fingerprint density at radius 1 is 0.171 bits per heavy atom. The Morgan fingerprint density at radius 3 is 0.947 bits per heavy atom. The van der Waals surface area contributed by atoms with E-state index in [0.717, 1.165) is 22.7 Å². The van der Waals surface area contributed by atoms with E-state index >= 15 is 0 Å². The highest BCUT2D eigenvalue weighted by molar-refractivity contribution is 6.46. The van der Waals surface area contributed by atoms with Gasteiger partial charge in [-0.2, -0.15) is 0 Å². The van der Waals surface area contributed by atoms with Crippen LogP contribution in [0.2, 0.25) is 0 Å². The monoisotopic (exact) mass is 962 g/mol. The van der Waals surface area contributed by atoms with Crippen molar-refractivity contribution < 1.29 is 0 Å². The van der Waals surface area contributed by atoms with Crippen molar-refractivity contribution in [3.63, 3.8) is 0 Å². The molecule has 0 bridgehead atoms. The van der Waals surface area contributed by atoms with Crippen molar-refractivity contribution in [2.24, 2.45) is 0 Å². The lowest BCUT2D eigenvalue weighted by Gasteiger charge is -2.31. The van der Waals surface area contributed by atoms with Crippen LogP contribution in [-0.4, -0.2) is 0 Å². The van der Waals surface area contributed by atoms with Crippen LogP contribution < -0.4 is 9.80 Å². The number of hydrogen-bond acceptors (Lipinski definition) is 2. The predicted molar refractivity (Wildman–Crippen MR) is 327 cm³/mol. The fraction of sp³-hybridized carbons (Fsp3) is 0. The van der Waals surface area contributed by atoms with Crippen LogP contribution >= 0.6 is 0 Å². The molecule has 0 aliphatic heterocycles. The lowest BCUT2D eigenvalue weighted by atomic mass is 9.80. The Labute approximate surface area is 439 Å². The third-order valence-electron chi connectivity index (χ3n) is 16.3. The van der Waals surface area contributed by atoms with E-state index in [2.05, 4.69) is 289 Å². The van der Waals surface area contributed by atoms with E-state index in [9.17, 15) is 0 Å². The van der Waals surface area contributed by atoms with Crippen LogP contribution in [0.4, 0.5) is 34.1 Å². The van der Waals surface area contributed by atoms with Gasteiger partial charge in [0.05, 0.1) is 22.7 Å². The van der Waals surface area contributed by atoms with Crippen LogP contribution in [0.15, 0.2) is 279 Å². The van der Waals surface area contributed by atoms with Crippen LogP contribution in [-0.2, 0) is 0 Å². The molecule has 0 heterocycles. The standard InChI is InChI=1S/C74H46N2/c1-3-27-49(28-4-1)75(65-45-19-25-47-23-7-9-31-51(47)65)73-60-38-16-13-35-57(60)67(58-36-14-17-39-61(58)73)68-53-33-11-12-34-56(53)71-69-54(41-21-43-63(68)69)55-42-22-44-64-70(55)72(71)59-37-15-18-40-62(59)74(64)76(50-29-5-2-6-30-50)66-46-20-26-48-24-8-10-32-52(48)66/h1-46H. The maximum Gasteiger partial charge on any atom is 0.0619 e. The van der Waals surface area contributed by atoms with E-state index in [-0.39, 0.29) is 0 Å². The molecule has 0 N–H and O–H groups in total. The van der Waals surface area contributed by atoms with Crippen molar-refractivity contribution in [1.29, 1.82) is 0 Å². The molecule has 0 unspecified atom stereocenters. The molecule has 0 aromatic heterocycles. The van der Waals surface area contributed by atoms with E-state index < -0.39 is 0 Å². The molecule has 0 atom stereocenters. The first kappa shape index (κ1) is 42.5. The van der Waals surface area contributed by atoms with Gasteiger partial charge in [0.15, 0.2) is 0 Å². The zero-order chi connectivity index (χ0) is 49.8. The van der Waals surface area contributed by atoms with Crippen molar-refractivity contribution in [3.8, 4) is 11.1 Å². The summed E-state index contributed by atoms with van der Waals surface area (Å²) in [5.74, 6) is 0. The molecular weight excluding hydrogens is 917 g/mol. The van der Waals surface area contributed by atoms with Crippen LogP contribution in [0.3, 0.4) is 0 Å². The molecule has 2 heteroatoms. The summed E-state index contributed by atoms with van der Waals surface area (Å²) >= 11 is 0. The van der Waals surface area contributed by atoms with Crippen LogP contribution in [0.25, 0.3) is 119 Å². The molecule has 76 heavy (non-hydrogen) atoms. The van der Waals surface area contributed by atoms with Gasteiger partial charge in [0.25, 0.3) is 0 Å². The highest BCUT2D eigenvalue weighted by Gasteiger charge is 2.29. The van der Waals surface area contributed by atoms with Gasteiger partial charge in [-0.15, -0.1) is 0 Å². The maximum absolute atomic E-state index is 2.52. The molecular formula is C74H46N2. The highest BCUT2D eigenvalue weighted by atomic mass is 15.2. The lowest BCUT2D eigenvalue weighted by Crippen LogP contribution is -2.12. The Balaban J connectivity index is 1.05. The van der Waals surface area contributed by atoms with Crippen LogP contribution in [0.5, 0.6) is 0 Å². The van der Waals surface area contributed by atoms with Crippen molar-refractivity contribution in [2.75, 3.05) is 9.80 Å². The molecule has 0 saturated carbocycles. The number of hydrogen-bond donors (Lipinski definition) is 0. The molecule has 16 aromatic rings. The predicted octanol–water partition coefficient (Wildman–Crippen LogP) is 21.3. The van der Waals surface area contributed by atoms with Gasteiger partial charge in [-0.1, -0.05) is 243 Å². The van der Waals surface area contributed by atoms with Crippen molar-refractivity contribution in [2.45, 2.75) is 0 Å². The summed E-state index contributed by atoms with van der Waals surface area (Å²) in [6.45, 7) is 0. The van der Waals surface area contributed by atoms with Crippen molar-refractivity contribution in [1.82, 2.24) is 0 Å². The minimum atomic E-state index is 1.11. The number of fused-ring (bicyclic) bond motifs is 10. The van der Waals surface area contributed by atoms with E-state index in [1.807, 2.05) is 0 Å². The molecule has 0 radical (unpaired) electrons. The summed E-state index contributed by atoms with van der Waals surface area (Å²) in [4.78, 5) is 5.02. The van der Waals surface area contributed by atoms with Gasteiger partial charge < -0.3 is 9.80 Å². The maximum atomic E-state index is 2.52. The van der Waals surface area contributed by atoms with Crippen molar-refractivity contribution in [3.05, 3.63) is 279 Å². The van der Waals surface area contributed by atoms with Gasteiger partial charge in [-0.3, -0.25) is 0 Å². The smallest absolute Gasteiger partial charge is 0.0619 e. The van der Waals surface area contributed by atoms with E-state index in [4.69, 9.17) is 0 Å². The minimum Gasteiger partial charge on any atom is -0.309 e. The second-order valence-corrected chi connectivity index (χ2v) is 20.2. The molecule has 0 fully saturated rings. The van der Waals surface area contributed by atoms with Gasteiger partial charge in [-0.25, -0.2) is 0 Å². The van der Waals surface area contributed by atoms with E-state index in [1.54, 1.807) is 0 Å². The summed E-state index contributed by atoms with van der Waals surface area (Å²) in [5.41, 5.74) is 9.38. The Hall–Kier alpha value is -10.0. The number of para-hydroxylation sites is 2. The minimum absolute atomic E-state index is 1.11. The summed E-state index contributed by atoms with van der Waals surface area (Å²) in [7, 11) is 0. The molecule has 16 aromatic carbocycles. The molecule has 0 spiro atoms. The molecule has 352 valence electrons. The molecule has 0 amide bonds. The zero-order valence-corrected chi connectivity index (χ0v) is 41.5. The molecule has 16 rings (SSSR count). The zero-order valence-electron chi connectivity index (χ0n) is 41.5. The normalized spacial score (nSPS) is 11.9. The number of nitrogens with zero attached hydrogens (tertiary/aromatic N) is 2. The Morgan fingerprint density at radius 2 is 0.447 bits per heavy atom. The van der Waals surface area contributed by atoms with Crippen LogP contribution in [0.1, 0.15) is 0 Å². The molecule has 2 nitrogen and oxygen atoms in total. The number of benzene rings is 16. The lowest BCUT2D eigenvalue weighted by molar-refractivity contribution is 1.33. The number of rotatable bonds is 7. The first-order chi connectivity index (χ1) is 37.8. The number of anilines is 6. The van der Waals surface area contributed by atoms with E-state index in [0.29, 0.717) is 0 Å². The fourth-order valence-corrected chi connectivity index (χ4v) is 13.3. The fourth-order valence-electron chi connectivity index (χ4n) is 13.3. The quantitative estimate of drug-likeness (QED) is 0.116. The molecule has 0 aliphatic carbocycles. The molecule has 0 saturated heterocycles. The summed E-state index contributed by atoms with van der Waals surface area (Å²) in [5, 5.41) is 24.7. The Kier molecular flexibility index (Phi) is 9.37. The van der Waals surface area contributed by atoms with Gasteiger partial charge in [0, 0.05) is 49.1 Å². The van der Waals surface area contributed by atoms with Gasteiger partial charge in [0.1, 0.15) is 0 Å². The second kappa shape index (κ2) is 16.8. The first-order valence-electron chi connectivity index (χ1n) is 26.4. The average molecular weight is 963 g/mol. The largest absolute Gasteiger partial charge is 0.309 e. The summed E-state index contributed by atoms with van der Waals surface area (Å²) in [6.07, 6.45) is 0. The molecule has 0 aliphatic rings. The summed E-state index contributed by atoms with van der Waals surface area (Å²) in [6, 6.07) is 104. The average Bonchev–Trinajstić information content (AvgIpc) is 3.50. The van der Waals surface area contributed by atoms with Gasteiger partial charge in [-0.05, 0) is 118 Å². The third-order valence-corrected chi connectivity index (χ3v) is 16.3. The second-order valence-electron chi connectivity index (χ2n) is 20.2. The van der Waals surface area contributed by atoms with Gasteiger partial charge >= 0.3 is 0 Å². The van der Waals surface area contributed by atoms with Crippen LogP contribution in [0, 0.1) is 0 Å². The van der Waals surface area contributed by atoms with Crippen molar-refractivity contribution >= 4 is 142 Å². The third kappa shape index (κ3) is 6.10. The topological polar surface area (TPSA) is 6.48 Å². The van der Waals surface area contributed by atoms with E-state index in [1.165, 1.54) is 130 Å².